The zero-order chi connectivity index (χ0) is 20.1. The van der Waals surface area contributed by atoms with E-state index in [1.165, 1.54) is 5.56 Å². The van der Waals surface area contributed by atoms with Crippen molar-refractivity contribution in [2.45, 2.75) is 33.3 Å². The summed E-state index contributed by atoms with van der Waals surface area (Å²) in [6, 6.07) is 17.0. The summed E-state index contributed by atoms with van der Waals surface area (Å²) in [6.45, 7) is 6.50. The van der Waals surface area contributed by atoms with E-state index in [1.54, 1.807) is 19.2 Å². The first-order valence-electron chi connectivity index (χ1n) is 9.23. The molecular weight excluding hydrogens is 354 g/mol. The number of rotatable bonds is 7. The lowest BCUT2D eigenvalue weighted by Crippen LogP contribution is -2.12. The van der Waals surface area contributed by atoms with Crippen LogP contribution < -0.4 is 14.8 Å². The molecule has 5 heteroatoms. The summed E-state index contributed by atoms with van der Waals surface area (Å²) in [6.07, 6.45) is 0. The maximum atomic E-state index is 12.5. The van der Waals surface area contributed by atoms with Crippen LogP contribution in [0.15, 0.2) is 59.0 Å². The van der Waals surface area contributed by atoms with E-state index in [1.807, 2.05) is 37.3 Å². The minimum absolute atomic E-state index is 0.220. The van der Waals surface area contributed by atoms with Crippen molar-refractivity contribution in [1.29, 1.82) is 0 Å². The van der Waals surface area contributed by atoms with Crippen molar-refractivity contribution in [2.75, 3.05) is 12.4 Å². The van der Waals surface area contributed by atoms with Crippen LogP contribution >= 0.6 is 0 Å². The average Bonchev–Trinajstić information content (AvgIpc) is 3.16. The van der Waals surface area contributed by atoms with Gasteiger partial charge in [0.25, 0.3) is 5.91 Å². The summed E-state index contributed by atoms with van der Waals surface area (Å²) < 4.78 is 16.7. The number of nitrogens with one attached hydrogen (secondary N) is 1. The Morgan fingerprint density at radius 1 is 1.07 bits per heavy atom. The quantitative estimate of drug-likeness (QED) is 0.584. The second-order valence-electron chi connectivity index (χ2n) is 6.94. The lowest BCUT2D eigenvalue weighted by atomic mass is 10.0. The molecule has 0 spiro atoms. The first kappa shape index (κ1) is 19.5. The Hall–Kier alpha value is -3.21. The second-order valence-corrected chi connectivity index (χ2v) is 6.94. The number of aryl methyl sites for hydroxylation is 1. The molecule has 28 heavy (non-hydrogen) atoms. The molecule has 0 bridgehead atoms. The third kappa shape index (κ3) is 4.74. The molecule has 1 amide bonds. The van der Waals surface area contributed by atoms with Gasteiger partial charge in [0, 0.05) is 0 Å². The summed E-state index contributed by atoms with van der Waals surface area (Å²) in [7, 11) is 1.57. The summed E-state index contributed by atoms with van der Waals surface area (Å²) in [4.78, 5) is 12.5. The molecule has 0 saturated heterocycles. The number of benzene rings is 2. The predicted molar refractivity (Wildman–Crippen MR) is 109 cm³/mol. The van der Waals surface area contributed by atoms with Crippen molar-refractivity contribution >= 4 is 11.6 Å². The fourth-order valence-corrected chi connectivity index (χ4v) is 2.78. The van der Waals surface area contributed by atoms with Gasteiger partial charge in [-0.15, -0.1) is 0 Å². The molecule has 3 rings (SSSR count). The van der Waals surface area contributed by atoms with Crippen LogP contribution in [-0.4, -0.2) is 13.0 Å². The van der Waals surface area contributed by atoms with Crippen LogP contribution in [0.2, 0.25) is 0 Å². The minimum atomic E-state index is -0.337. The molecule has 0 saturated carbocycles. The van der Waals surface area contributed by atoms with Gasteiger partial charge < -0.3 is 19.2 Å². The lowest BCUT2D eigenvalue weighted by molar-refractivity contribution is 0.0992. The van der Waals surface area contributed by atoms with E-state index in [4.69, 9.17) is 13.9 Å². The van der Waals surface area contributed by atoms with E-state index < -0.39 is 0 Å². The van der Waals surface area contributed by atoms with Gasteiger partial charge in [-0.1, -0.05) is 32.0 Å². The zero-order valence-electron chi connectivity index (χ0n) is 16.6. The Kier molecular flexibility index (Phi) is 6.04. The molecule has 5 nitrogen and oxygen atoms in total. The molecule has 0 radical (unpaired) electrons. The molecule has 1 heterocycles. The monoisotopic (exact) mass is 379 g/mol. The van der Waals surface area contributed by atoms with Crippen molar-refractivity contribution < 1.29 is 18.7 Å². The van der Waals surface area contributed by atoms with Gasteiger partial charge in [-0.2, -0.15) is 0 Å². The van der Waals surface area contributed by atoms with Crippen molar-refractivity contribution in [3.63, 3.8) is 0 Å². The van der Waals surface area contributed by atoms with E-state index in [-0.39, 0.29) is 18.3 Å². The molecule has 0 aliphatic heterocycles. The van der Waals surface area contributed by atoms with E-state index >= 15 is 0 Å². The van der Waals surface area contributed by atoms with Gasteiger partial charge in [0.05, 0.1) is 12.8 Å². The summed E-state index contributed by atoms with van der Waals surface area (Å²) >= 11 is 0. The Morgan fingerprint density at radius 3 is 2.50 bits per heavy atom. The number of amides is 1. The molecule has 0 aliphatic rings. The van der Waals surface area contributed by atoms with Gasteiger partial charge in [-0.25, -0.2) is 0 Å². The van der Waals surface area contributed by atoms with Crippen molar-refractivity contribution in [3.8, 4) is 11.5 Å². The minimum Gasteiger partial charge on any atom is -0.495 e. The normalized spacial score (nSPS) is 10.8. The average molecular weight is 379 g/mol. The number of ether oxygens (including phenoxy) is 2. The van der Waals surface area contributed by atoms with Crippen LogP contribution in [-0.2, 0) is 6.61 Å². The molecule has 1 N–H and O–H groups in total. The maximum absolute atomic E-state index is 12.5. The number of carbonyl (C=O) groups excluding carboxylic acids is 1. The molecule has 3 aromatic rings. The predicted octanol–water partition coefficient (Wildman–Crippen LogP) is 5.55. The molecule has 146 valence electrons. The molecule has 0 fully saturated rings. The van der Waals surface area contributed by atoms with E-state index in [0.29, 0.717) is 23.1 Å². The third-order valence-electron chi connectivity index (χ3n) is 4.42. The smallest absolute Gasteiger partial charge is 0.291 e. The number of furan rings is 1. The Morgan fingerprint density at radius 2 is 1.82 bits per heavy atom. The first-order valence-corrected chi connectivity index (χ1v) is 9.23. The van der Waals surface area contributed by atoms with Gasteiger partial charge in [-0.3, -0.25) is 4.79 Å². The zero-order valence-corrected chi connectivity index (χ0v) is 16.6. The highest BCUT2D eigenvalue weighted by Gasteiger charge is 2.14. The van der Waals surface area contributed by atoms with Gasteiger partial charge in [0.1, 0.15) is 23.9 Å². The van der Waals surface area contributed by atoms with E-state index in [0.717, 1.165) is 11.3 Å². The Bertz CT molecular complexity index is 941. The summed E-state index contributed by atoms with van der Waals surface area (Å²) in [5.41, 5.74) is 2.89. The highest BCUT2D eigenvalue weighted by Crippen LogP contribution is 2.26. The standard InChI is InChI=1S/C23H25NO4/c1-15(2)17-6-8-18(9-7-17)27-14-19-10-12-22(28-19)23(25)24-20-13-16(3)5-11-21(20)26-4/h5-13,15H,14H2,1-4H3,(H,24,25). The topological polar surface area (TPSA) is 60.7 Å². The molecule has 0 atom stereocenters. The Labute approximate surface area is 165 Å². The van der Waals surface area contributed by atoms with Gasteiger partial charge in [-0.05, 0) is 60.4 Å². The SMILES string of the molecule is COc1ccc(C)cc1NC(=O)c1ccc(COc2ccc(C(C)C)cc2)o1. The third-order valence-corrected chi connectivity index (χ3v) is 4.42. The highest BCUT2D eigenvalue weighted by molar-refractivity contribution is 6.03. The van der Waals surface area contributed by atoms with Gasteiger partial charge >= 0.3 is 0 Å². The number of anilines is 1. The molecule has 1 aromatic heterocycles. The van der Waals surface area contributed by atoms with Crippen molar-refractivity contribution in [2.24, 2.45) is 0 Å². The number of hydrogen-bond donors (Lipinski definition) is 1. The van der Waals surface area contributed by atoms with Crippen LogP contribution in [0.3, 0.4) is 0 Å². The number of carbonyl (C=O) groups is 1. The maximum Gasteiger partial charge on any atom is 0.291 e. The fraction of sp³-hybridized carbons (Fsp3) is 0.261. The molecule has 2 aromatic carbocycles. The Balaban J connectivity index is 1.62. The highest BCUT2D eigenvalue weighted by atomic mass is 16.5. The second kappa shape index (κ2) is 8.65. The van der Waals surface area contributed by atoms with Crippen LogP contribution in [0.5, 0.6) is 11.5 Å². The van der Waals surface area contributed by atoms with E-state index in [9.17, 15) is 4.79 Å². The first-order chi connectivity index (χ1) is 13.5. The van der Waals surface area contributed by atoms with Gasteiger partial charge in [0.2, 0.25) is 0 Å². The van der Waals surface area contributed by atoms with Crippen LogP contribution in [0.25, 0.3) is 0 Å². The molecule has 0 unspecified atom stereocenters. The van der Waals surface area contributed by atoms with Crippen LogP contribution in [0.1, 0.15) is 47.2 Å². The lowest BCUT2D eigenvalue weighted by Gasteiger charge is -2.10. The molecular formula is C23H25NO4. The number of methoxy groups -OCH3 is 1. The largest absolute Gasteiger partial charge is 0.495 e. The number of hydrogen-bond acceptors (Lipinski definition) is 4. The molecule has 0 aliphatic carbocycles. The summed E-state index contributed by atoms with van der Waals surface area (Å²) in [5, 5.41) is 2.82. The van der Waals surface area contributed by atoms with Crippen molar-refractivity contribution in [1.82, 2.24) is 0 Å². The summed E-state index contributed by atoms with van der Waals surface area (Å²) in [5.74, 6) is 2.30. The van der Waals surface area contributed by atoms with Crippen molar-refractivity contribution in [3.05, 3.63) is 77.2 Å². The van der Waals surface area contributed by atoms with Crippen LogP contribution in [0, 0.1) is 6.92 Å². The van der Waals surface area contributed by atoms with E-state index in [2.05, 4.69) is 31.3 Å². The van der Waals surface area contributed by atoms with Gasteiger partial charge in [0.15, 0.2) is 5.76 Å². The van der Waals surface area contributed by atoms with Crippen LogP contribution in [0.4, 0.5) is 5.69 Å². The fourth-order valence-electron chi connectivity index (χ4n) is 2.78.